The molecule has 0 spiro atoms. The van der Waals surface area contributed by atoms with Gasteiger partial charge in [0.15, 0.2) is 0 Å². The van der Waals surface area contributed by atoms with E-state index in [1.54, 1.807) is 0 Å². The first kappa shape index (κ1) is 16.5. The van der Waals surface area contributed by atoms with Crippen molar-refractivity contribution in [3.8, 4) is 5.75 Å². The quantitative estimate of drug-likeness (QED) is 0.743. The van der Waals surface area contributed by atoms with Crippen LogP contribution in [0.15, 0.2) is 24.3 Å². The fourth-order valence-corrected chi connectivity index (χ4v) is 1.79. The molecular weight excluding hydrogens is 254 g/mol. The van der Waals surface area contributed by atoms with Crippen molar-refractivity contribution in [3.63, 3.8) is 0 Å². The largest absolute Gasteiger partial charge is 0.494 e. The maximum Gasteiger partial charge on any atom is 0.327 e. The summed E-state index contributed by atoms with van der Waals surface area (Å²) in [7, 11) is 1.41. The summed E-state index contributed by atoms with van der Waals surface area (Å²) >= 11 is 0. The molecule has 4 heteroatoms. The molecule has 4 nitrogen and oxygen atoms in total. The molecule has 1 rings (SSSR count). The Bertz CT molecular complexity index is 401. The zero-order chi connectivity index (χ0) is 15.0. The van der Waals surface area contributed by atoms with E-state index in [1.807, 2.05) is 24.3 Å². The second-order valence-electron chi connectivity index (χ2n) is 5.18. The highest BCUT2D eigenvalue weighted by atomic mass is 16.5. The van der Waals surface area contributed by atoms with Gasteiger partial charge in [0.25, 0.3) is 0 Å². The Labute approximate surface area is 121 Å². The Balaban J connectivity index is 2.76. The maximum absolute atomic E-state index is 11.9. The number of hydrogen-bond acceptors (Lipinski definition) is 4. The number of methoxy groups -OCH3 is 1. The van der Waals surface area contributed by atoms with E-state index in [2.05, 4.69) is 26.1 Å². The number of carbonyl (C=O) groups is 1. The van der Waals surface area contributed by atoms with Gasteiger partial charge in [0.1, 0.15) is 11.8 Å². The number of hydrogen-bond donors (Lipinski definition) is 1. The van der Waals surface area contributed by atoms with E-state index in [0.717, 1.165) is 24.3 Å². The lowest BCUT2D eigenvalue weighted by atomic mass is 10.1. The van der Waals surface area contributed by atoms with Gasteiger partial charge < -0.3 is 14.8 Å². The molecule has 0 bridgehead atoms. The van der Waals surface area contributed by atoms with Gasteiger partial charge in [0.05, 0.1) is 13.7 Å². The molecule has 1 atom stereocenters. The third kappa shape index (κ3) is 5.21. The summed E-state index contributed by atoms with van der Waals surface area (Å²) in [6.07, 6.45) is 0.975. The van der Waals surface area contributed by atoms with Crippen molar-refractivity contribution in [2.45, 2.75) is 33.2 Å². The molecule has 0 aliphatic rings. The number of carbonyl (C=O) groups excluding carboxylic acids is 1. The first-order valence-corrected chi connectivity index (χ1v) is 7.12. The van der Waals surface area contributed by atoms with Crippen molar-refractivity contribution < 1.29 is 14.3 Å². The predicted molar refractivity (Wildman–Crippen MR) is 79.8 cm³/mol. The summed E-state index contributed by atoms with van der Waals surface area (Å²) in [6.45, 7) is 7.72. The standard InChI is InChI=1S/C16H25NO3/c1-5-10-20-14-8-6-13(7-9-14)15(16(18)19-4)17-11-12(2)3/h6-9,12,15,17H,5,10-11H2,1-4H3. The van der Waals surface area contributed by atoms with E-state index >= 15 is 0 Å². The minimum Gasteiger partial charge on any atom is -0.494 e. The second-order valence-corrected chi connectivity index (χ2v) is 5.18. The third-order valence-corrected chi connectivity index (χ3v) is 2.85. The average Bonchev–Trinajstić information content (AvgIpc) is 2.45. The summed E-state index contributed by atoms with van der Waals surface area (Å²) in [5, 5.41) is 3.23. The zero-order valence-electron chi connectivity index (χ0n) is 12.8. The minimum atomic E-state index is -0.428. The van der Waals surface area contributed by atoms with Crippen molar-refractivity contribution >= 4 is 5.97 Å². The Kier molecular flexibility index (Phi) is 7.09. The Morgan fingerprint density at radius 2 is 1.90 bits per heavy atom. The normalized spacial score (nSPS) is 12.2. The average molecular weight is 279 g/mol. The number of ether oxygens (including phenoxy) is 2. The lowest BCUT2D eigenvalue weighted by Crippen LogP contribution is -2.32. The van der Waals surface area contributed by atoms with E-state index < -0.39 is 6.04 Å². The molecule has 0 saturated carbocycles. The monoisotopic (exact) mass is 279 g/mol. The van der Waals surface area contributed by atoms with Crippen molar-refractivity contribution in [1.82, 2.24) is 5.32 Å². The van der Waals surface area contributed by atoms with E-state index in [-0.39, 0.29) is 5.97 Å². The molecular formula is C16H25NO3. The smallest absolute Gasteiger partial charge is 0.327 e. The molecule has 0 radical (unpaired) electrons. The van der Waals surface area contributed by atoms with Crippen molar-refractivity contribution in [2.24, 2.45) is 5.92 Å². The van der Waals surface area contributed by atoms with Crippen LogP contribution in [0.25, 0.3) is 0 Å². The van der Waals surface area contributed by atoms with Crippen LogP contribution >= 0.6 is 0 Å². The van der Waals surface area contributed by atoms with Gasteiger partial charge in [-0.2, -0.15) is 0 Å². The second kappa shape index (κ2) is 8.59. The predicted octanol–water partition coefficient (Wildman–Crippen LogP) is 2.94. The third-order valence-electron chi connectivity index (χ3n) is 2.85. The molecule has 0 fully saturated rings. The van der Waals surface area contributed by atoms with E-state index in [9.17, 15) is 4.79 Å². The van der Waals surface area contributed by atoms with Crippen LogP contribution in [-0.4, -0.2) is 26.2 Å². The first-order valence-electron chi connectivity index (χ1n) is 7.12. The van der Waals surface area contributed by atoms with Crippen LogP contribution < -0.4 is 10.1 Å². The van der Waals surface area contributed by atoms with Gasteiger partial charge in [-0.15, -0.1) is 0 Å². The van der Waals surface area contributed by atoms with Crippen molar-refractivity contribution in [2.75, 3.05) is 20.3 Å². The van der Waals surface area contributed by atoms with Crippen LogP contribution in [0.3, 0.4) is 0 Å². The topological polar surface area (TPSA) is 47.6 Å². The van der Waals surface area contributed by atoms with Gasteiger partial charge >= 0.3 is 5.97 Å². The van der Waals surface area contributed by atoms with Crippen LogP contribution in [0.2, 0.25) is 0 Å². The van der Waals surface area contributed by atoms with Gasteiger partial charge in [-0.25, -0.2) is 4.79 Å². The van der Waals surface area contributed by atoms with E-state index in [1.165, 1.54) is 7.11 Å². The molecule has 112 valence electrons. The minimum absolute atomic E-state index is 0.270. The summed E-state index contributed by atoms with van der Waals surface area (Å²) in [5.41, 5.74) is 0.890. The van der Waals surface area contributed by atoms with Crippen LogP contribution in [0.4, 0.5) is 0 Å². The highest BCUT2D eigenvalue weighted by Gasteiger charge is 2.20. The first-order chi connectivity index (χ1) is 9.58. The van der Waals surface area contributed by atoms with Gasteiger partial charge in [-0.3, -0.25) is 0 Å². The molecule has 0 amide bonds. The fourth-order valence-electron chi connectivity index (χ4n) is 1.79. The lowest BCUT2D eigenvalue weighted by Gasteiger charge is -2.18. The van der Waals surface area contributed by atoms with E-state index in [4.69, 9.17) is 9.47 Å². The molecule has 20 heavy (non-hydrogen) atoms. The maximum atomic E-state index is 11.9. The zero-order valence-corrected chi connectivity index (χ0v) is 12.8. The molecule has 0 aliphatic carbocycles. The van der Waals surface area contributed by atoms with Crippen LogP contribution in [-0.2, 0) is 9.53 Å². The van der Waals surface area contributed by atoms with Gasteiger partial charge in [0.2, 0.25) is 0 Å². The summed E-state index contributed by atoms with van der Waals surface area (Å²) in [5.74, 6) is 1.02. The Morgan fingerprint density at radius 1 is 1.25 bits per heavy atom. The van der Waals surface area contributed by atoms with Crippen molar-refractivity contribution in [3.05, 3.63) is 29.8 Å². The SMILES string of the molecule is CCCOc1ccc(C(NCC(C)C)C(=O)OC)cc1. The molecule has 0 heterocycles. The number of nitrogens with one attached hydrogen (secondary N) is 1. The fraction of sp³-hybridized carbons (Fsp3) is 0.562. The van der Waals surface area contributed by atoms with Gasteiger partial charge in [-0.05, 0) is 36.6 Å². The molecule has 0 aliphatic heterocycles. The molecule has 0 saturated heterocycles. The molecule has 1 aromatic rings. The van der Waals surface area contributed by atoms with Gasteiger partial charge in [0, 0.05) is 0 Å². The van der Waals surface area contributed by atoms with Gasteiger partial charge in [-0.1, -0.05) is 32.9 Å². The van der Waals surface area contributed by atoms with E-state index in [0.29, 0.717) is 12.5 Å². The van der Waals surface area contributed by atoms with Crippen molar-refractivity contribution in [1.29, 1.82) is 0 Å². The number of esters is 1. The Morgan fingerprint density at radius 3 is 2.40 bits per heavy atom. The summed E-state index contributed by atoms with van der Waals surface area (Å²) in [6, 6.07) is 7.15. The van der Waals surface area contributed by atoms with Crippen LogP contribution in [0.1, 0.15) is 38.8 Å². The molecule has 0 aromatic heterocycles. The Hall–Kier alpha value is -1.55. The van der Waals surface area contributed by atoms with Crippen LogP contribution in [0.5, 0.6) is 5.75 Å². The number of benzene rings is 1. The highest BCUT2D eigenvalue weighted by molar-refractivity contribution is 5.77. The summed E-state index contributed by atoms with van der Waals surface area (Å²) < 4.78 is 10.4. The molecule has 1 aromatic carbocycles. The molecule has 1 N–H and O–H groups in total. The highest BCUT2D eigenvalue weighted by Crippen LogP contribution is 2.19. The summed E-state index contributed by atoms with van der Waals surface area (Å²) in [4.78, 5) is 11.9. The van der Waals surface area contributed by atoms with Crippen LogP contribution in [0, 0.1) is 5.92 Å². The number of rotatable bonds is 8. The molecule has 1 unspecified atom stereocenters. The lowest BCUT2D eigenvalue weighted by molar-refractivity contribution is -0.143.